The molecule has 1 atom stereocenters. The number of benzene rings is 1. The highest BCUT2D eigenvalue weighted by Crippen LogP contribution is 2.28. The first-order chi connectivity index (χ1) is 8.52. The third kappa shape index (κ3) is 2.24. The van der Waals surface area contributed by atoms with Gasteiger partial charge in [-0.05, 0) is 38.1 Å². The number of nitrogen functional groups attached to an aromatic ring is 1. The van der Waals surface area contributed by atoms with E-state index in [1.165, 1.54) is 0 Å². The van der Waals surface area contributed by atoms with Gasteiger partial charge in [0, 0.05) is 35.5 Å². The fourth-order valence-corrected chi connectivity index (χ4v) is 2.01. The Morgan fingerprint density at radius 3 is 2.78 bits per heavy atom. The zero-order valence-corrected chi connectivity index (χ0v) is 11.0. The Balaban J connectivity index is 2.64. The number of aryl methyl sites for hydroxylation is 1. The second-order valence-electron chi connectivity index (χ2n) is 4.70. The molecular formula is C14H19N3O. The number of pyridine rings is 1. The molecule has 0 bridgehead atoms. The van der Waals surface area contributed by atoms with Crippen molar-refractivity contribution in [3.05, 3.63) is 30.0 Å². The van der Waals surface area contributed by atoms with Crippen molar-refractivity contribution in [2.45, 2.75) is 19.9 Å². The summed E-state index contributed by atoms with van der Waals surface area (Å²) in [6.45, 7) is 4.06. The van der Waals surface area contributed by atoms with Crippen LogP contribution in [0.25, 0.3) is 10.9 Å². The van der Waals surface area contributed by atoms with Crippen LogP contribution in [0.2, 0.25) is 0 Å². The fraction of sp³-hybridized carbons (Fsp3) is 0.357. The standard InChI is InChI=1S/C14H19N3O/c1-9-6-14(17(3)10(2)8-18)12-7-11(15)4-5-13(12)16-9/h4-7,10,18H,8,15H2,1-3H3. The zero-order valence-electron chi connectivity index (χ0n) is 11.0. The lowest BCUT2D eigenvalue weighted by molar-refractivity contribution is 0.270. The molecule has 0 aliphatic heterocycles. The van der Waals surface area contributed by atoms with Crippen LogP contribution in [0.1, 0.15) is 12.6 Å². The average Bonchev–Trinajstić information content (AvgIpc) is 2.36. The third-order valence-electron chi connectivity index (χ3n) is 3.24. The summed E-state index contributed by atoms with van der Waals surface area (Å²) in [6, 6.07) is 7.79. The number of fused-ring (bicyclic) bond motifs is 1. The number of hydrogen-bond donors (Lipinski definition) is 2. The number of nitrogens with zero attached hydrogens (tertiary/aromatic N) is 2. The number of likely N-dealkylation sites (N-methyl/N-ethyl adjacent to an activating group) is 1. The minimum absolute atomic E-state index is 0.0523. The van der Waals surface area contributed by atoms with E-state index < -0.39 is 0 Å². The van der Waals surface area contributed by atoms with Gasteiger partial charge in [-0.2, -0.15) is 0 Å². The lowest BCUT2D eigenvalue weighted by Crippen LogP contribution is -2.32. The Morgan fingerprint density at radius 1 is 1.39 bits per heavy atom. The highest BCUT2D eigenvalue weighted by molar-refractivity contribution is 5.94. The van der Waals surface area contributed by atoms with Crippen LogP contribution in [0.15, 0.2) is 24.3 Å². The summed E-state index contributed by atoms with van der Waals surface area (Å²) in [5.74, 6) is 0. The molecule has 1 unspecified atom stereocenters. The highest BCUT2D eigenvalue weighted by atomic mass is 16.3. The van der Waals surface area contributed by atoms with Crippen molar-refractivity contribution >= 4 is 22.3 Å². The predicted octanol–water partition coefficient (Wildman–Crippen LogP) is 1.94. The summed E-state index contributed by atoms with van der Waals surface area (Å²) >= 11 is 0. The lowest BCUT2D eigenvalue weighted by Gasteiger charge is -2.27. The molecule has 3 N–H and O–H groups in total. The summed E-state index contributed by atoms with van der Waals surface area (Å²) in [6.07, 6.45) is 0. The van der Waals surface area contributed by atoms with E-state index in [9.17, 15) is 5.11 Å². The Bertz CT molecular complexity index is 568. The first-order valence-corrected chi connectivity index (χ1v) is 6.03. The van der Waals surface area contributed by atoms with Crippen LogP contribution in [0.5, 0.6) is 0 Å². The normalized spacial score (nSPS) is 12.7. The lowest BCUT2D eigenvalue weighted by atomic mass is 10.1. The minimum Gasteiger partial charge on any atom is -0.399 e. The van der Waals surface area contributed by atoms with E-state index in [1.807, 2.05) is 45.2 Å². The molecule has 96 valence electrons. The van der Waals surface area contributed by atoms with Gasteiger partial charge in [0.2, 0.25) is 0 Å². The predicted molar refractivity (Wildman–Crippen MR) is 75.8 cm³/mol. The Hall–Kier alpha value is -1.81. The molecule has 4 nitrogen and oxygen atoms in total. The quantitative estimate of drug-likeness (QED) is 0.811. The number of rotatable bonds is 3. The molecule has 1 heterocycles. The molecule has 0 radical (unpaired) electrons. The van der Waals surface area contributed by atoms with E-state index in [-0.39, 0.29) is 12.6 Å². The third-order valence-corrected chi connectivity index (χ3v) is 3.24. The van der Waals surface area contributed by atoms with E-state index in [1.54, 1.807) is 0 Å². The smallest absolute Gasteiger partial charge is 0.0727 e. The van der Waals surface area contributed by atoms with E-state index in [0.717, 1.165) is 28.0 Å². The molecule has 2 aromatic rings. The largest absolute Gasteiger partial charge is 0.399 e. The van der Waals surface area contributed by atoms with Gasteiger partial charge in [-0.3, -0.25) is 4.98 Å². The van der Waals surface area contributed by atoms with Crippen molar-refractivity contribution in [2.75, 3.05) is 24.3 Å². The molecule has 0 aliphatic carbocycles. The van der Waals surface area contributed by atoms with Crippen molar-refractivity contribution in [1.29, 1.82) is 0 Å². The molecule has 0 saturated carbocycles. The maximum Gasteiger partial charge on any atom is 0.0727 e. The SMILES string of the molecule is Cc1cc(N(C)C(C)CO)c2cc(N)ccc2n1. The Kier molecular flexibility index (Phi) is 3.39. The Morgan fingerprint density at radius 2 is 2.11 bits per heavy atom. The molecule has 0 fully saturated rings. The monoisotopic (exact) mass is 245 g/mol. The maximum atomic E-state index is 9.28. The number of aromatic nitrogens is 1. The summed E-state index contributed by atoms with van der Waals surface area (Å²) in [5.41, 5.74) is 9.50. The van der Waals surface area contributed by atoms with Crippen LogP contribution < -0.4 is 10.6 Å². The average molecular weight is 245 g/mol. The molecule has 2 rings (SSSR count). The summed E-state index contributed by atoms with van der Waals surface area (Å²) in [7, 11) is 1.97. The topological polar surface area (TPSA) is 62.4 Å². The first kappa shape index (κ1) is 12.6. The first-order valence-electron chi connectivity index (χ1n) is 6.03. The van der Waals surface area contributed by atoms with E-state index in [2.05, 4.69) is 9.88 Å². The van der Waals surface area contributed by atoms with Gasteiger partial charge in [0.15, 0.2) is 0 Å². The molecule has 0 spiro atoms. The van der Waals surface area contributed by atoms with Gasteiger partial charge in [-0.25, -0.2) is 0 Å². The molecule has 18 heavy (non-hydrogen) atoms. The van der Waals surface area contributed by atoms with Gasteiger partial charge in [0.1, 0.15) is 0 Å². The van der Waals surface area contributed by atoms with Crippen LogP contribution in [0.4, 0.5) is 11.4 Å². The number of aliphatic hydroxyl groups is 1. The highest BCUT2D eigenvalue weighted by Gasteiger charge is 2.13. The van der Waals surface area contributed by atoms with Gasteiger partial charge >= 0.3 is 0 Å². The van der Waals surface area contributed by atoms with Gasteiger partial charge in [-0.15, -0.1) is 0 Å². The molecule has 0 saturated heterocycles. The number of hydrogen-bond acceptors (Lipinski definition) is 4. The number of anilines is 2. The molecule has 1 aromatic heterocycles. The van der Waals surface area contributed by atoms with E-state index in [4.69, 9.17) is 5.73 Å². The zero-order chi connectivity index (χ0) is 13.3. The van der Waals surface area contributed by atoms with Crippen LogP contribution in [-0.2, 0) is 0 Å². The minimum atomic E-state index is 0.0523. The van der Waals surface area contributed by atoms with Crippen molar-refractivity contribution < 1.29 is 5.11 Å². The molecular weight excluding hydrogens is 226 g/mol. The Labute approximate surface area is 107 Å². The van der Waals surface area contributed by atoms with Crippen molar-refractivity contribution in [3.63, 3.8) is 0 Å². The van der Waals surface area contributed by atoms with Gasteiger partial charge < -0.3 is 15.7 Å². The fourth-order valence-electron chi connectivity index (χ4n) is 2.01. The van der Waals surface area contributed by atoms with Crippen LogP contribution >= 0.6 is 0 Å². The van der Waals surface area contributed by atoms with Crippen LogP contribution in [0, 0.1) is 6.92 Å². The molecule has 4 heteroatoms. The van der Waals surface area contributed by atoms with E-state index >= 15 is 0 Å². The van der Waals surface area contributed by atoms with Crippen molar-refractivity contribution in [3.8, 4) is 0 Å². The van der Waals surface area contributed by atoms with Crippen LogP contribution in [0.3, 0.4) is 0 Å². The summed E-state index contributed by atoms with van der Waals surface area (Å²) in [4.78, 5) is 6.55. The van der Waals surface area contributed by atoms with E-state index in [0.29, 0.717) is 0 Å². The molecule has 0 aliphatic rings. The number of nitrogens with two attached hydrogens (primary N) is 1. The van der Waals surface area contributed by atoms with Crippen molar-refractivity contribution in [1.82, 2.24) is 4.98 Å². The summed E-state index contributed by atoms with van der Waals surface area (Å²) < 4.78 is 0. The second kappa shape index (κ2) is 4.82. The molecule has 1 aromatic carbocycles. The second-order valence-corrected chi connectivity index (χ2v) is 4.70. The van der Waals surface area contributed by atoms with Crippen molar-refractivity contribution in [2.24, 2.45) is 0 Å². The number of aliphatic hydroxyl groups excluding tert-OH is 1. The maximum absolute atomic E-state index is 9.28. The molecule has 0 amide bonds. The summed E-state index contributed by atoms with van der Waals surface area (Å²) in [5, 5.41) is 10.3. The van der Waals surface area contributed by atoms with Gasteiger partial charge in [0.05, 0.1) is 12.1 Å². The van der Waals surface area contributed by atoms with Gasteiger partial charge in [-0.1, -0.05) is 0 Å². The van der Waals surface area contributed by atoms with Crippen LogP contribution in [-0.4, -0.2) is 29.8 Å². The van der Waals surface area contributed by atoms with Gasteiger partial charge in [0.25, 0.3) is 0 Å².